The Kier molecular flexibility index (Phi) is 6.69. The Bertz CT molecular complexity index is 826. The maximum atomic E-state index is 12.5. The highest BCUT2D eigenvalue weighted by Gasteiger charge is 2.19. The standard InChI is InChI=1S/C23H28N2O3/c1-17(2)16-28-21-10-6-8-19(14-21)22(26)24-15-18-7-5-9-20(13-18)23(27)25-11-3-4-12-25/h5-10,13-14,17H,3-4,11-12,15-16H2,1-2H3,(H,24,26). The fourth-order valence-corrected chi connectivity index (χ4v) is 3.19. The lowest BCUT2D eigenvalue weighted by Crippen LogP contribution is -2.28. The van der Waals surface area contributed by atoms with Crippen molar-refractivity contribution in [1.29, 1.82) is 0 Å². The Hall–Kier alpha value is -2.82. The summed E-state index contributed by atoms with van der Waals surface area (Å²) in [5, 5.41) is 2.92. The first-order chi connectivity index (χ1) is 13.5. The second-order valence-electron chi connectivity index (χ2n) is 7.62. The molecule has 3 rings (SSSR count). The molecular formula is C23H28N2O3. The van der Waals surface area contributed by atoms with Crippen LogP contribution in [0.4, 0.5) is 0 Å². The monoisotopic (exact) mass is 380 g/mol. The molecule has 0 bridgehead atoms. The zero-order chi connectivity index (χ0) is 19.9. The first-order valence-corrected chi connectivity index (χ1v) is 9.92. The lowest BCUT2D eigenvalue weighted by molar-refractivity contribution is 0.0792. The first kappa shape index (κ1) is 19.9. The topological polar surface area (TPSA) is 58.6 Å². The summed E-state index contributed by atoms with van der Waals surface area (Å²) in [5.41, 5.74) is 2.15. The normalized spacial score (nSPS) is 13.6. The van der Waals surface area contributed by atoms with E-state index in [0.29, 0.717) is 35.9 Å². The summed E-state index contributed by atoms with van der Waals surface area (Å²) in [5.74, 6) is 1.03. The maximum absolute atomic E-state index is 12.5. The Balaban J connectivity index is 1.59. The van der Waals surface area contributed by atoms with Crippen molar-refractivity contribution in [3.8, 4) is 5.75 Å². The fraction of sp³-hybridized carbons (Fsp3) is 0.391. The van der Waals surface area contributed by atoms with Crippen molar-refractivity contribution in [2.24, 2.45) is 5.92 Å². The van der Waals surface area contributed by atoms with E-state index in [2.05, 4.69) is 19.2 Å². The van der Waals surface area contributed by atoms with E-state index in [0.717, 1.165) is 31.5 Å². The maximum Gasteiger partial charge on any atom is 0.253 e. The number of ether oxygens (including phenoxy) is 1. The van der Waals surface area contributed by atoms with Crippen molar-refractivity contribution >= 4 is 11.8 Å². The average molecular weight is 380 g/mol. The van der Waals surface area contributed by atoms with Crippen molar-refractivity contribution in [2.45, 2.75) is 33.2 Å². The fourth-order valence-electron chi connectivity index (χ4n) is 3.19. The Morgan fingerprint density at radius 3 is 2.50 bits per heavy atom. The number of hydrogen-bond donors (Lipinski definition) is 1. The molecule has 1 fully saturated rings. The molecule has 0 aliphatic carbocycles. The minimum absolute atomic E-state index is 0.0701. The summed E-state index contributed by atoms with van der Waals surface area (Å²) in [6, 6.07) is 14.7. The molecule has 2 aromatic rings. The molecule has 5 heteroatoms. The van der Waals surface area contributed by atoms with E-state index < -0.39 is 0 Å². The molecule has 0 atom stereocenters. The van der Waals surface area contributed by atoms with Gasteiger partial charge in [-0.05, 0) is 54.7 Å². The number of rotatable bonds is 7. The van der Waals surface area contributed by atoms with E-state index in [4.69, 9.17) is 4.74 Å². The van der Waals surface area contributed by atoms with Crippen LogP contribution in [0.15, 0.2) is 48.5 Å². The summed E-state index contributed by atoms with van der Waals surface area (Å²) in [4.78, 5) is 26.9. The van der Waals surface area contributed by atoms with Gasteiger partial charge in [0, 0.05) is 30.8 Å². The summed E-state index contributed by atoms with van der Waals surface area (Å²) < 4.78 is 5.69. The molecule has 148 valence electrons. The molecule has 0 unspecified atom stereocenters. The summed E-state index contributed by atoms with van der Waals surface area (Å²) in [6.07, 6.45) is 2.14. The van der Waals surface area contributed by atoms with Crippen LogP contribution in [0, 0.1) is 5.92 Å². The lowest BCUT2D eigenvalue weighted by Gasteiger charge is -2.15. The Labute approximate surface area is 166 Å². The van der Waals surface area contributed by atoms with Gasteiger partial charge in [-0.25, -0.2) is 0 Å². The van der Waals surface area contributed by atoms with Gasteiger partial charge in [0.15, 0.2) is 0 Å². The van der Waals surface area contributed by atoms with Crippen molar-refractivity contribution < 1.29 is 14.3 Å². The number of benzene rings is 2. The number of hydrogen-bond acceptors (Lipinski definition) is 3. The minimum atomic E-state index is -0.161. The second kappa shape index (κ2) is 9.40. The zero-order valence-corrected chi connectivity index (χ0v) is 16.6. The molecule has 2 aromatic carbocycles. The van der Waals surface area contributed by atoms with Gasteiger partial charge in [0.1, 0.15) is 5.75 Å². The smallest absolute Gasteiger partial charge is 0.253 e. The lowest BCUT2D eigenvalue weighted by atomic mass is 10.1. The highest BCUT2D eigenvalue weighted by atomic mass is 16.5. The number of carbonyl (C=O) groups is 2. The van der Waals surface area contributed by atoms with E-state index in [-0.39, 0.29) is 11.8 Å². The van der Waals surface area contributed by atoms with E-state index in [1.54, 1.807) is 12.1 Å². The van der Waals surface area contributed by atoms with Crippen LogP contribution < -0.4 is 10.1 Å². The average Bonchev–Trinajstić information content (AvgIpc) is 3.25. The van der Waals surface area contributed by atoms with Crippen LogP contribution in [0.25, 0.3) is 0 Å². The third-order valence-electron chi connectivity index (χ3n) is 4.70. The zero-order valence-electron chi connectivity index (χ0n) is 16.6. The molecule has 5 nitrogen and oxygen atoms in total. The van der Waals surface area contributed by atoms with Crippen LogP contribution in [-0.2, 0) is 6.54 Å². The minimum Gasteiger partial charge on any atom is -0.493 e. The second-order valence-corrected chi connectivity index (χ2v) is 7.62. The predicted octanol–water partition coefficient (Wildman–Crippen LogP) is 3.89. The number of amides is 2. The third-order valence-corrected chi connectivity index (χ3v) is 4.70. The molecule has 2 amide bonds. The van der Waals surface area contributed by atoms with Crippen LogP contribution in [0.2, 0.25) is 0 Å². The van der Waals surface area contributed by atoms with E-state index in [1.807, 2.05) is 41.3 Å². The molecule has 0 radical (unpaired) electrons. The Morgan fingerprint density at radius 2 is 1.75 bits per heavy atom. The molecule has 0 spiro atoms. The van der Waals surface area contributed by atoms with E-state index in [1.165, 1.54) is 0 Å². The van der Waals surface area contributed by atoms with Gasteiger partial charge in [-0.2, -0.15) is 0 Å². The molecular weight excluding hydrogens is 352 g/mol. The van der Waals surface area contributed by atoms with Crippen LogP contribution >= 0.6 is 0 Å². The van der Waals surface area contributed by atoms with Crippen molar-refractivity contribution in [2.75, 3.05) is 19.7 Å². The molecule has 1 N–H and O–H groups in total. The largest absolute Gasteiger partial charge is 0.493 e. The van der Waals surface area contributed by atoms with Crippen molar-refractivity contribution in [3.05, 3.63) is 65.2 Å². The molecule has 1 heterocycles. The number of carbonyl (C=O) groups excluding carboxylic acids is 2. The molecule has 1 aliphatic heterocycles. The first-order valence-electron chi connectivity index (χ1n) is 9.92. The van der Waals surface area contributed by atoms with Gasteiger partial charge in [-0.1, -0.05) is 32.0 Å². The van der Waals surface area contributed by atoms with Gasteiger partial charge in [0.2, 0.25) is 0 Å². The van der Waals surface area contributed by atoms with E-state index in [9.17, 15) is 9.59 Å². The van der Waals surface area contributed by atoms with Gasteiger partial charge < -0.3 is 15.0 Å². The molecule has 0 saturated carbocycles. The Morgan fingerprint density at radius 1 is 1.04 bits per heavy atom. The van der Waals surface area contributed by atoms with Crippen LogP contribution in [0.5, 0.6) is 5.75 Å². The number of nitrogens with zero attached hydrogens (tertiary/aromatic N) is 1. The third kappa shape index (κ3) is 5.35. The number of nitrogens with one attached hydrogen (secondary N) is 1. The highest BCUT2D eigenvalue weighted by molar-refractivity contribution is 5.95. The molecule has 28 heavy (non-hydrogen) atoms. The SMILES string of the molecule is CC(C)COc1cccc(C(=O)NCc2cccc(C(=O)N3CCCC3)c2)c1. The van der Waals surface area contributed by atoms with Crippen molar-refractivity contribution in [3.63, 3.8) is 0 Å². The highest BCUT2D eigenvalue weighted by Crippen LogP contribution is 2.16. The van der Waals surface area contributed by atoms with Crippen molar-refractivity contribution in [1.82, 2.24) is 10.2 Å². The predicted molar refractivity (Wildman–Crippen MR) is 110 cm³/mol. The molecule has 0 aromatic heterocycles. The van der Waals surface area contributed by atoms with Gasteiger partial charge in [0.25, 0.3) is 11.8 Å². The van der Waals surface area contributed by atoms with Gasteiger partial charge in [-0.15, -0.1) is 0 Å². The van der Waals surface area contributed by atoms with Gasteiger partial charge >= 0.3 is 0 Å². The van der Waals surface area contributed by atoms with Crippen LogP contribution in [0.1, 0.15) is 53.0 Å². The van der Waals surface area contributed by atoms with Crippen LogP contribution in [-0.4, -0.2) is 36.4 Å². The molecule has 1 aliphatic rings. The number of likely N-dealkylation sites (tertiary alicyclic amines) is 1. The summed E-state index contributed by atoms with van der Waals surface area (Å²) in [6.45, 7) is 6.81. The summed E-state index contributed by atoms with van der Waals surface area (Å²) in [7, 11) is 0. The van der Waals surface area contributed by atoms with Gasteiger partial charge in [-0.3, -0.25) is 9.59 Å². The molecule has 1 saturated heterocycles. The van der Waals surface area contributed by atoms with Gasteiger partial charge in [0.05, 0.1) is 6.61 Å². The van der Waals surface area contributed by atoms with E-state index >= 15 is 0 Å². The summed E-state index contributed by atoms with van der Waals surface area (Å²) >= 11 is 0. The van der Waals surface area contributed by atoms with Crippen LogP contribution in [0.3, 0.4) is 0 Å². The quantitative estimate of drug-likeness (QED) is 0.793.